The van der Waals surface area contributed by atoms with E-state index in [1.807, 2.05) is 13.8 Å². The molecule has 0 bridgehead atoms. The second-order valence-electron chi connectivity index (χ2n) is 13.6. The molecule has 0 spiro atoms. The third-order valence-electron chi connectivity index (χ3n) is 11.4. The Morgan fingerprint density at radius 2 is 1.68 bits per heavy atom. The van der Waals surface area contributed by atoms with Crippen molar-refractivity contribution in [2.75, 3.05) is 6.61 Å². The summed E-state index contributed by atoms with van der Waals surface area (Å²) in [7, 11) is -4.45. The van der Waals surface area contributed by atoms with Crippen LogP contribution in [0.4, 0.5) is 0 Å². The Labute approximate surface area is 221 Å². The van der Waals surface area contributed by atoms with Gasteiger partial charge in [-0.1, -0.05) is 40.5 Å². The second kappa shape index (κ2) is 10.3. The summed E-state index contributed by atoms with van der Waals surface area (Å²) in [5.41, 5.74) is -2.20. The van der Waals surface area contributed by atoms with Crippen LogP contribution < -0.4 is 0 Å². The van der Waals surface area contributed by atoms with Gasteiger partial charge in [0.2, 0.25) is 0 Å². The summed E-state index contributed by atoms with van der Waals surface area (Å²) in [4.78, 5) is 0. The molecule has 0 aromatic rings. The van der Waals surface area contributed by atoms with Crippen molar-refractivity contribution in [3.8, 4) is 0 Å². The standard InChI is InChI=1S/C27H48O9S/c1-15(14-36-37(33,34)35)6-5-7-16(2)21-23(30)24(31)22-18-12-20(29)27(32)13-17(28)8-11-26(27,4)19(18)9-10-25(21,22)3/h15-24,28-32H,5-14H2,1-4H3,(H,33,34,35)/t15-,16+,17-,18?,19?,20+,21-,22?,23+,24+,25+,26+,27-/m0/s1. The van der Waals surface area contributed by atoms with E-state index in [1.54, 1.807) is 0 Å². The largest absolute Gasteiger partial charge is 0.397 e. The highest BCUT2D eigenvalue weighted by molar-refractivity contribution is 7.80. The Morgan fingerprint density at radius 3 is 2.32 bits per heavy atom. The lowest BCUT2D eigenvalue weighted by atomic mass is 9.42. The molecule has 6 N–H and O–H groups in total. The van der Waals surface area contributed by atoms with E-state index >= 15 is 0 Å². The molecule has 13 atom stereocenters. The van der Waals surface area contributed by atoms with Gasteiger partial charge in [0.1, 0.15) is 0 Å². The van der Waals surface area contributed by atoms with Crippen LogP contribution in [0.5, 0.6) is 0 Å². The number of aliphatic hydroxyl groups is 5. The van der Waals surface area contributed by atoms with Gasteiger partial charge in [-0.2, -0.15) is 8.42 Å². The smallest absolute Gasteiger partial charge is 0.393 e. The maximum atomic E-state index is 11.6. The highest BCUT2D eigenvalue weighted by atomic mass is 32.3. The molecule has 4 aliphatic rings. The predicted molar refractivity (Wildman–Crippen MR) is 137 cm³/mol. The van der Waals surface area contributed by atoms with Gasteiger partial charge in [-0.3, -0.25) is 4.55 Å². The van der Waals surface area contributed by atoms with Crippen LogP contribution in [-0.2, 0) is 14.6 Å². The van der Waals surface area contributed by atoms with Crippen molar-refractivity contribution in [1.29, 1.82) is 0 Å². The van der Waals surface area contributed by atoms with Crippen molar-refractivity contribution in [3.63, 3.8) is 0 Å². The van der Waals surface area contributed by atoms with E-state index in [4.69, 9.17) is 4.55 Å². The third kappa shape index (κ3) is 5.03. The Hall–Kier alpha value is -0.330. The van der Waals surface area contributed by atoms with E-state index < -0.39 is 45.8 Å². The molecular formula is C27H48O9S. The molecule has 37 heavy (non-hydrogen) atoms. The molecule has 0 radical (unpaired) electrons. The van der Waals surface area contributed by atoms with Gasteiger partial charge in [0, 0.05) is 11.8 Å². The zero-order chi connectivity index (χ0) is 27.6. The van der Waals surface area contributed by atoms with Crippen LogP contribution in [0.1, 0.15) is 85.5 Å². The van der Waals surface area contributed by atoms with Crippen molar-refractivity contribution < 1.29 is 42.7 Å². The monoisotopic (exact) mass is 548 g/mol. The van der Waals surface area contributed by atoms with Crippen molar-refractivity contribution >= 4 is 10.4 Å². The molecule has 4 aliphatic carbocycles. The molecule has 4 rings (SSSR count). The van der Waals surface area contributed by atoms with Gasteiger partial charge in [0.15, 0.2) is 0 Å². The summed E-state index contributed by atoms with van der Waals surface area (Å²) in [5, 5.41) is 55.9. The second-order valence-corrected chi connectivity index (χ2v) is 14.7. The molecule has 0 aromatic heterocycles. The summed E-state index contributed by atoms with van der Waals surface area (Å²) in [6, 6.07) is 0. The highest BCUT2D eigenvalue weighted by Crippen LogP contribution is 2.69. The summed E-state index contributed by atoms with van der Waals surface area (Å²) in [5.74, 6) is -0.142. The van der Waals surface area contributed by atoms with Crippen molar-refractivity contribution in [2.45, 2.75) is 115 Å². The van der Waals surface area contributed by atoms with E-state index in [1.165, 1.54) is 0 Å². The van der Waals surface area contributed by atoms with Crippen molar-refractivity contribution in [3.05, 3.63) is 0 Å². The first-order valence-electron chi connectivity index (χ1n) is 14.1. The zero-order valence-electron chi connectivity index (χ0n) is 22.7. The van der Waals surface area contributed by atoms with Crippen LogP contribution in [0, 0.1) is 46.3 Å². The Balaban J connectivity index is 1.48. The minimum Gasteiger partial charge on any atom is -0.393 e. The lowest BCUT2D eigenvalue weighted by molar-refractivity contribution is -0.268. The lowest BCUT2D eigenvalue weighted by Crippen LogP contribution is -2.69. The summed E-state index contributed by atoms with van der Waals surface area (Å²) in [6.45, 7) is 8.12. The molecule has 0 aliphatic heterocycles. The Morgan fingerprint density at radius 1 is 1.00 bits per heavy atom. The van der Waals surface area contributed by atoms with Gasteiger partial charge in [-0.15, -0.1) is 0 Å². The molecule has 0 aromatic carbocycles. The van der Waals surface area contributed by atoms with E-state index in [9.17, 15) is 34.0 Å². The normalized spacial score (nSPS) is 49.6. The summed E-state index contributed by atoms with van der Waals surface area (Å²) >= 11 is 0. The van der Waals surface area contributed by atoms with Gasteiger partial charge in [0.05, 0.1) is 36.6 Å². The summed E-state index contributed by atoms with van der Waals surface area (Å²) in [6.07, 6.45) is 2.38. The highest BCUT2D eigenvalue weighted by Gasteiger charge is 2.70. The summed E-state index contributed by atoms with van der Waals surface area (Å²) < 4.78 is 34.9. The quantitative estimate of drug-likeness (QED) is 0.250. The zero-order valence-corrected chi connectivity index (χ0v) is 23.5. The first-order valence-corrected chi connectivity index (χ1v) is 15.5. The number of rotatable bonds is 8. The predicted octanol–water partition coefficient (Wildman–Crippen LogP) is 2.30. The van der Waals surface area contributed by atoms with Crippen LogP contribution in [0.2, 0.25) is 0 Å². The number of fused-ring (bicyclic) bond motifs is 5. The fraction of sp³-hybridized carbons (Fsp3) is 1.00. The number of hydrogen-bond acceptors (Lipinski definition) is 8. The fourth-order valence-electron chi connectivity index (χ4n) is 9.63. The lowest BCUT2D eigenvalue weighted by Gasteiger charge is -2.65. The molecule has 0 heterocycles. The molecular weight excluding hydrogens is 500 g/mol. The number of aliphatic hydroxyl groups excluding tert-OH is 4. The molecule has 4 fully saturated rings. The molecule has 0 saturated heterocycles. The van der Waals surface area contributed by atoms with Crippen molar-refractivity contribution in [2.24, 2.45) is 46.3 Å². The van der Waals surface area contributed by atoms with Crippen LogP contribution in [0.3, 0.4) is 0 Å². The van der Waals surface area contributed by atoms with E-state index in [0.29, 0.717) is 25.7 Å². The first kappa shape index (κ1) is 29.6. The first-order chi connectivity index (χ1) is 17.0. The maximum absolute atomic E-state index is 11.6. The molecule has 0 amide bonds. The van der Waals surface area contributed by atoms with Gasteiger partial charge < -0.3 is 25.5 Å². The maximum Gasteiger partial charge on any atom is 0.397 e. The SMILES string of the molecule is C[C@@H](CCC[C@@H](C)[C@H]1[C@@H](O)[C@H](O)C2C3C[C@@H](O)[C@@]4(O)C[C@@H](O)CC[C@]4(C)C3CC[C@@]21C)COS(=O)(=O)O. The average molecular weight is 549 g/mol. The molecule has 3 unspecified atom stereocenters. The molecule has 216 valence electrons. The van der Waals surface area contributed by atoms with E-state index in [2.05, 4.69) is 18.0 Å². The third-order valence-corrected chi connectivity index (χ3v) is 11.9. The minimum atomic E-state index is -4.45. The van der Waals surface area contributed by atoms with Crippen LogP contribution in [0.25, 0.3) is 0 Å². The molecule has 10 heteroatoms. The molecule has 9 nitrogen and oxygen atoms in total. The van der Waals surface area contributed by atoms with Crippen LogP contribution in [0.15, 0.2) is 0 Å². The number of hydrogen-bond donors (Lipinski definition) is 6. The Bertz CT molecular complexity index is 929. The van der Waals surface area contributed by atoms with E-state index in [0.717, 1.165) is 25.7 Å². The fourth-order valence-corrected chi connectivity index (χ4v) is 10.0. The van der Waals surface area contributed by atoms with Crippen LogP contribution in [-0.4, -0.2) is 75.1 Å². The van der Waals surface area contributed by atoms with Gasteiger partial charge in [-0.05, 0) is 79.4 Å². The van der Waals surface area contributed by atoms with Crippen molar-refractivity contribution in [1.82, 2.24) is 0 Å². The van der Waals surface area contributed by atoms with Gasteiger partial charge in [-0.25, -0.2) is 4.18 Å². The van der Waals surface area contributed by atoms with Crippen LogP contribution >= 0.6 is 0 Å². The van der Waals surface area contributed by atoms with E-state index in [-0.39, 0.29) is 54.0 Å². The topological polar surface area (TPSA) is 165 Å². The van der Waals surface area contributed by atoms with Gasteiger partial charge >= 0.3 is 10.4 Å². The minimum absolute atomic E-state index is 0.0197. The average Bonchev–Trinajstić information content (AvgIpc) is 2.99. The molecule has 4 saturated carbocycles. The van der Waals surface area contributed by atoms with Gasteiger partial charge in [0.25, 0.3) is 0 Å². The Kier molecular flexibility index (Phi) is 8.21.